The Kier molecular flexibility index (Phi) is 5.96. The van der Waals surface area contributed by atoms with Gasteiger partial charge in [0.1, 0.15) is 0 Å². The number of halogens is 3. The van der Waals surface area contributed by atoms with Crippen LogP contribution in [0.2, 0.25) is 0 Å². The highest BCUT2D eigenvalue weighted by Crippen LogP contribution is 2.42. The Hall–Kier alpha value is -3.85. The van der Waals surface area contributed by atoms with Gasteiger partial charge in [0.25, 0.3) is 11.8 Å². The number of likely N-dealkylation sites (N-methyl/N-ethyl adjacent to an activating group) is 1. The van der Waals surface area contributed by atoms with Crippen LogP contribution in [0.15, 0.2) is 48.7 Å². The van der Waals surface area contributed by atoms with Crippen molar-refractivity contribution in [2.24, 2.45) is 0 Å². The number of rotatable bonds is 3. The van der Waals surface area contributed by atoms with Crippen LogP contribution in [0, 0.1) is 6.92 Å². The molecule has 1 fully saturated rings. The molecule has 0 atom stereocenters. The number of benzene rings is 2. The summed E-state index contributed by atoms with van der Waals surface area (Å²) in [6, 6.07) is 10.2. The number of aromatic amines is 1. The van der Waals surface area contributed by atoms with Crippen LogP contribution in [0.1, 0.15) is 32.7 Å². The minimum atomic E-state index is -4.48. The largest absolute Gasteiger partial charge is 0.416 e. The van der Waals surface area contributed by atoms with Crippen LogP contribution in [0.5, 0.6) is 0 Å². The molecule has 1 aromatic heterocycles. The maximum Gasteiger partial charge on any atom is 0.416 e. The molecule has 3 heterocycles. The second kappa shape index (κ2) is 8.98. The molecule has 2 N–H and O–H groups in total. The number of piperazine rings is 1. The Labute approximate surface area is 206 Å². The van der Waals surface area contributed by atoms with Crippen LogP contribution >= 0.6 is 0 Å². The molecule has 0 unspecified atom stereocenters. The number of alkyl halides is 3. The Morgan fingerprint density at radius 1 is 1.06 bits per heavy atom. The number of nitrogens with zero attached hydrogens (tertiary/aromatic N) is 2. The molecule has 2 amide bonds. The predicted octanol–water partition coefficient (Wildman–Crippen LogP) is 4.89. The molecular formula is C27H25F3N4O2. The Bertz CT molecular complexity index is 1380. The fourth-order valence-corrected chi connectivity index (χ4v) is 4.70. The summed E-state index contributed by atoms with van der Waals surface area (Å²) in [4.78, 5) is 33.1. The van der Waals surface area contributed by atoms with Crippen LogP contribution in [0.25, 0.3) is 22.8 Å². The summed E-state index contributed by atoms with van der Waals surface area (Å²) in [5.41, 5.74) is 3.35. The van der Waals surface area contributed by atoms with Crippen molar-refractivity contribution in [2.75, 3.05) is 38.5 Å². The molecule has 1 saturated heterocycles. The zero-order valence-corrected chi connectivity index (χ0v) is 19.9. The molecule has 2 aromatic carbocycles. The van der Waals surface area contributed by atoms with Gasteiger partial charge in [0.15, 0.2) is 0 Å². The fourth-order valence-electron chi connectivity index (χ4n) is 4.70. The Morgan fingerprint density at radius 2 is 1.78 bits per heavy atom. The van der Waals surface area contributed by atoms with E-state index in [-0.39, 0.29) is 11.8 Å². The van der Waals surface area contributed by atoms with Crippen LogP contribution in [0.4, 0.5) is 18.9 Å². The fraction of sp³-hybridized carbons (Fsp3) is 0.259. The molecule has 5 rings (SSSR count). The number of anilines is 1. The Morgan fingerprint density at radius 3 is 2.50 bits per heavy atom. The van der Waals surface area contributed by atoms with E-state index in [0.29, 0.717) is 57.9 Å². The molecule has 186 valence electrons. The van der Waals surface area contributed by atoms with Crippen molar-refractivity contribution < 1.29 is 22.8 Å². The lowest BCUT2D eigenvalue weighted by atomic mass is 9.93. The van der Waals surface area contributed by atoms with Crippen LogP contribution in [-0.2, 0) is 11.0 Å². The Balaban J connectivity index is 1.53. The number of H-pyrrole nitrogens is 1. The molecule has 2 aliphatic rings. The first-order valence-electron chi connectivity index (χ1n) is 11.6. The predicted molar refractivity (Wildman–Crippen MR) is 132 cm³/mol. The van der Waals surface area contributed by atoms with Crippen molar-refractivity contribution in [3.05, 3.63) is 76.6 Å². The van der Waals surface area contributed by atoms with Crippen molar-refractivity contribution in [3.63, 3.8) is 0 Å². The normalized spacial score (nSPS) is 17.4. The number of carbonyl (C=O) groups excluding carboxylic acids is 2. The zero-order valence-electron chi connectivity index (χ0n) is 19.9. The molecule has 0 bridgehead atoms. The van der Waals surface area contributed by atoms with Crippen molar-refractivity contribution in [1.82, 2.24) is 14.8 Å². The van der Waals surface area contributed by atoms with E-state index in [2.05, 4.69) is 15.2 Å². The molecule has 0 saturated carbocycles. The summed E-state index contributed by atoms with van der Waals surface area (Å²) in [5, 5.41) is 2.80. The lowest BCUT2D eigenvalue weighted by Gasteiger charge is -2.32. The van der Waals surface area contributed by atoms with Crippen LogP contribution < -0.4 is 5.32 Å². The van der Waals surface area contributed by atoms with Gasteiger partial charge in [0.2, 0.25) is 0 Å². The highest BCUT2D eigenvalue weighted by atomic mass is 19.4. The molecule has 3 aromatic rings. The lowest BCUT2D eigenvalue weighted by Crippen LogP contribution is -2.47. The third kappa shape index (κ3) is 4.30. The minimum Gasteiger partial charge on any atom is -0.361 e. The standard InChI is InChI=1S/C27H25F3N4O2/c1-16-21(26(36)34-11-9-33(2)10-12-34)15-31-23(16)14-20-24-19(7-4-8-22(24)32-25(20)35)17-5-3-6-18(13-17)27(28,29)30/h3-8,13-15,31H,9-12H2,1-2H3,(H,32,35)/b20-14-. The molecule has 0 aliphatic carbocycles. The molecule has 6 nitrogen and oxygen atoms in total. The third-order valence-electron chi connectivity index (χ3n) is 6.82. The van der Waals surface area contributed by atoms with E-state index < -0.39 is 11.7 Å². The van der Waals surface area contributed by atoms with Crippen LogP contribution in [0.3, 0.4) is 0 Å². The monoisotopic (exact) mass is 494 g/mol. The quantitative estimate of drug-likeness (QED) is 0.510. The van der Waals surface area contributed by atoms with Gasteiger partial charge < -0.3 is 20.1 Å². The molecule has 0 radical (unpaired) electrons. The first-order valence-corrected chi connectivity index (χ1v) is 11.6. The summed E-state index contributed by atoms with van der Waals surface area (Å²) in [5.74, 6) is -0.423. The molecule has 36 heavy (non-hydrogen) atoms. The van der Waals surface area contributed by atoms with E-state index >= 15 is 0 Å². The van der Waals surface area contributed by atoms with Gasteiger partial charge in [-0.15, -0.1) is 0 Å². The molecule has 0 spiro atoms. The van der Waals surface area contributed by atoms with Gasteiger partial charge in [-0.3, -0.25) is 9.59 Å². The average molecular weight is 495 g/mol. The van der Waals surface area contributed by atoms with E-state index in [4.69, 9.17) is 0 Å². The highest BCUT2D eigenvalue weighted by molar-refractivity contribution is 6.36. The maximum atomic E-state index is 13.3. The summed E-state index contributed by atoms with van der Waals surface area (Å²) >= 11 is 0. The average Bonchev–Trinajstić information content (AvgIpc) is 3.37. The van der Waals surface area contributed by atoms with Crippen LogP contribution in [-0.4, -0.2) is 59.8 Å². The van der Waals surface area contributed by atoms with Gasteiger partial charge in [-0.2, -0.15) is 13.2 Å². The summed E-state index contributed by atoms with van der Waals surface area (Å²) in [6.45, 7) is 4.72. The number of fused-ring (bicyclic) bond motifs is 1. The molecule has 9 heteroatoms. The lowest BCUT2D eigenvalue weighted by molar-refractivity contribution is -0.137. The van der Waals surface area contributed by atoms with Gasteiger partial charge in [-0.25, -0.2) is 0 Å². The van der Waals surface area contributed by atoms with E-state index in [1.54, 1.807) is 36.5 Å². The second-order valence-electron chi connectivity index (χ2n) is 9.16. The summed E-state index contributed by atoms with van der Waals surface area (Å²) in [7, 11) is 2.02. The second-order valence-corrected chi connectivity index (χ2v) is 9.16. The van der Waals surface area contributed by atoms with Gasteiger partial charge in [0.05, 0.1) is 16.7 Å². The maximum absolute atomic E-state index is 13.3. The van der Waals surface area contributed by atoms with Crippen molar-refractivity contribution >= 4 is 29.2 Å². The van der Waals surface area contributed by atoms with Crippen molar-refractivity contribution in [3.8, 4) is 11.1 Å². The van der Waals surface area contributed by atoms with Gasteiger partial charge in [-0.05, 0) is 54.9 Å². The smallest absolute Gasteiger partial charge is 0.361 e. The van der Waals surface area contributed by atoms with Gasteiger partial charge >= 0.3 is 6.18 Å². The SMILES string of the molecule is Cc1c(C(=O)N2CCN(C)CC2)c[nH]c1/C=C1\C(=O)Nc2cccc(-c3cccc(C(F)(F)F)c3)c21. The third-order valence-corrected chi connectivity index (χ3v) is 6.82. The highest BCUT2D eigenvalue weighted by Gasteiger charge is 2.32. The zero-order chi connectivity index (χ0) is 25.6. The van der Waals surface area contributed by atoms with Gasteiger partial charge in [-0.1, -0.05) is 24.3 Å². The van der Waals surface area contributed by atoms with E-state index in [0.717, 1.165) is 25.2 Å². The number of amides is 2. The first-order chi connectivity index (χ1) is 17.1. The number of aromatic nitrogens is 1. The number of nitrogens with one attached hydrogen (secondary N) is 2. The summed E-state index contributed by atoms with van der Waals surface area (Å²) < 4.78 is 40.0. The van der Waals surface area contributed by atoms with Crippen molar-refractivity contribution in [2.45, 2.75) is 13.1 Å². The number of carbonyl (C=O) groups is 2. The first kappa shape index (κ1) is 23.9. The van der Waals surface area contributed by atoms with Gasteiger partial charge in [0, 0.05) is 49.3 Å². The van der Waals surface area contributed by atoms with E-state index in [9.17, 15) is 22.8 Å². The summed E-state index contributed by atoms with van der Waals surface area (Å²) in [6.07, 6.45) is -1.17. The van der Waals surface area contributed by atoms with E-state index in [1.807, 2.05) is 18.9 Å². The topological polar surface area (TPSA) is 68.4 Å². The number of hydrogen-bond donors (Lipinski definition) is 2. The molecular weight excluding hydrogens is 469 g/mol. The number of hydrogen-bond acceptors (Lipinski definition) is 3. The van der Waals surface area contributed by atoms with Crippen molar-refractivity contribution in [1.29, 1.82) is 0 Å². The minimum absolute atomic E-state index is 0.0672. The molecule has 2 aliphatic heterocycles. The van der Waals surface area contributed by atoms with E-state index in [1.165, 1.54) is 6.07 Å².